The lowest BCUT2D eigenvalue weighted by Crippen LogP contribution is -2.24. The Hall–Kier alpha value is -1.88. The molecule has 0 radical (unpaired) electrons. The third kappa shape index (κ3) is 5.01. The summed E-state index contributed by atoms with van der Waals surface area (Å²) in [5.41, 5.74) is 2.05. The Balaban J connectivity index is 1.68. The van der Waals surface area contributed by atoms with Gasteiger partial charge in [0.25, 0.3) is 0 Å². The van der Waals surface area contributed by atoms with Crippen LogP contribution in [0.2, 0.25) is 0 Å². The van der Waals surface area contributed by atoms with Crippen molar-refractivity contribution in [1.29, 1.82) is 0 Å². The van der Waals surface area contributed by atoms with Crippen molar-refractivity contribution >= 4 is 27.5 Å². The average molecular weight is 334 g/mol. The summed E-state index contributed by atoms with van der Waals surface area (Å²) in [6, 6.07) is 11.6. The van der Waals surface area contributed by atoms with Crippen LogP contribution in [0.25, 0.3) is 0 Å². The summed E-state index contributed by atoms with van der Waals surface area (Å²) in [7, 11) is 0. The fourth-order valence-electron chi connectivity index (χ4n) is 1.71. The Labute approximate surface area is 126 Å². The number of nitrogens with one attached hydrogen (secondary N) is 2. The topological polar surface area (TPSA) is 54.0 Å². The molecule has 2 N–H and O–H groups in total. The van der Waals surface area contributed by atoms with E-state index in [1.165, 1.54) is 0 Å². The summed E-state index contributed by atoms with van der Waals surface area (Å²) in [5.74, 6) is 0.0318. The fourth-order valence-corrected chi connectivity index (χ4v) is 2.11. The Morgan fingerprint density at radius 3 is 2.75 bits per heavy atom. The van der Waals surface area contributed by atoms with Crippen LogP contribution in [0.1, 0.15) is 12.0 Å². The van der Waals surface area contributed by atoms with E-state index in [2.05, 4.69) is 31.5 Å². The average Bonchev–Trinajstić information content (AvgIpc) is 2.46. The van der Waals surface area contributed by atoms with Gasteiger partial charge in [0.15, 0.2) is 0 Å². The zero-order valence-corrected chi connectivity index (χ0v) is 12.6. The third-order valence-corrected chi connectivity index (χ3v) is 3.24. The monoisotopic (exact) mass is 333 g/mol. The highest BCUT2D eigenvalue weighted by molar-refractivity contribution is 9.10. The molecule has 0 aliphatic heterocycles. The molecule has 0 bridgehead atoms. The van der Waals surface area contributed by atoms with Gasteiger partial charge < -0.3 is 10.6 Å². The van der Waals surface area contributed by atoms with Gasteiger partial charge >= 0.3 is 0 Å². The molecule has 104 valence electrons. The molecule has 1 amide bonds. The molecule has 20 heavy (non-hydrogen) atoms. The van der Waals surface area contributed by atoms with Gasteiger partial charge in [-0.2, -0.15) is 0 Å². The lowest BCUT2D eigenvalue weighted by atomic mass is 10.2. The van der Waals surface area contributed by atoms with Gasteiger partial charge in [-0.25, -0.2) is 0 Å². The third-order valence-electron chi connectivity index (χ3n) is 2.74. The molecule has 0 atom stereocenters. The number of carbonyl (C=O) groups excluding carboxylic acids is 1. The summed E-state index contributed by atoms with van der Waals surface area (Å²) in [6.45, 7) is 1.15. The van der Waals surface area contributed by atoms with Crippen LogP contribution in [0.3, 0.4) is 0 Å². The van der Waals surface area contributed by atoms with Crippen molar-refractivity contribution in [3.05, 3.63) is 58.8 Å². The number of hydrogen-bond acceptors (Lipinski definition) is 3. The van der Waals surface area contributed by atoms with Crippen LogP contribution in [0.4, 0.5) is 5.69 Å². The highest BCUT2D eigenvalue weighted by atomic mass is 79.9. The van der Waals surface area contributed by atoms with Crippen molar-refractivity contribution in [1.82, 2.24) is 10.3 Å². The number of halogens is 1. The molecule has 5 heteroatoms. The van der Waals surface area contributed by atoms with Crippen LogP contribution >= 0.6 is 15.9 Å². The Morgan fingerprint density at radius 1 is 1.20 bits per heavy atom. The molecule has 0 unspecified atom stereocenters. The first-order valence-corrected chi connectivity index (χ1v) is 7.18. The van der Waals surface area contributed by atoms with E-state index in [1.54, 1.807) is 12.4 Å². The number of pyridine rings is 1. The molecule has 0 aliphatic rings. The number of amides is 1. The fraction of sp³-hybridized carbons (Fsp3) is 0.200. The van der Waals surface area contributed by atoms with Crippen molar-refractivity contribution in [3.8, 4) is 0 Å². The predicted molar refractivity (Wildman–Crippen MR) is 83.3 cm³/mol. The normalized spacial score (nSPS) is 10.1. The molecular formula is C15H16BrN3O. The van der Waals surface area contributed by atoms with Crippen molar-refractivity contribution in [2.45, 2.75) is 13.0 Å². The van der Waals surface area contributed by atoms with E-state index in [4.69, 9.17) is 0 Å². The molecular weight excluding hydrogens is 318 g/mol. The number of rotatable bonds is 6. The quantitative estimate of drug-likeness (QED) is 0.854. The molecule has 1 aromatic heterocycles. The number of hydrogen-bond donors (Lipinski definition) is 2. The largest absolute Gasteiger partial charge is 0.384 e. The predicted octanol–water partition coefficient (Wildman–Crippen LogP) is 2.96. The maximum Gasteiger partial charge on any atom is 0.222 e. The second-order valence-corrected chi connectivity index (χ2v) is 5.23. The Bertz CT molecular complexity index is 560. The number of aromatic nitrogens is 1. The van der Waals surface area contributed by atoms with Crippen molar-refractivity contribution in [2.24, 2.45) is 0 Å². The minimum absolute atomic E-state index is 0.0318. The zero-order valence-electron chi connectivity index (χ0n) is 11.0. The molecule has 0 aliphatic carbocycles. The number of benzene rings is 1. The first kappa shape index (κ1) is 14.5. The molecule has 1 heterocycles. The maximum absolute atomic E-state index is 11.7. The summed E-state index contributed by atoms with van der Waals surface area (Å²) in [4.78, 5) is 15.6. The van der Waals surface area contributed by atoms with Gasteiger partial charge in [0.1, 0.15) is 0 Å². The molecule has 0 fully saturated rings. The molecule has 2 rings (SSSR count). The van der Waals surface area contributed by atoms with Crippen LogP contribution < -0.4 is 10.6 Å². The molecule has 4 nitrogen and oxygen atoms in total. The lowest BCUT2D eigenvalue weighted by molar-refractivity contribution is -0.121. The number of nitrogens with zero attached hydrogens (tertiary/aromatic N) is 1. The van der Waals surface area contributed by atoms with Gasteiger partial charge in [-0.3, -0.25) is 9.78 Å². The van der Waals surface area contributed by atoms with E-state index < -0.39 is 0 Å². The first-order valence-electron chi connectivity index (χ1n) is 6.39. The molecule has 1 aromatic carbocycles. The van der Waals surface area contributed by atoms with Crippen molar-refractivity contribution in [2.75, 3.05) is 11.9 Å². The molecule has 0 spiro atoms. The molecule has 0 saturated carbocycles. The second kappa shape index (κ2) is 7.65. The number of anilines is 1. The van der Waals surface area contributed by atoms with Crippen molar-refractivity contribution in [3.63, 3.8) is 0 Å². The van der Waals surface area contributed by atoms with Gasteiger partial charge in [-0.1, -0.05) is 22.0 Å². The molecule has 2 aromatic rings. The van der Waals surface area contributed by atoms with E-state index in [9.17, 15) is 4.79 Å². The summed E-state index contributed by atoms with van der Waals surface area (Å²) in [5, 5.41) is 6.09. The van der Waals surface area contributed by atoms with Crippen LogP contribution in [-0.2, 0) is 11.3 Å². The summed E-state index contributed by atoms with van der Waals surface area (Å²) < 4.78 is 1.02. The minimum atomic E-state index is 0.0318. The van der Waals surface area contributed by atoms with Gasteiger partial charge in [-0.15, -0.1) is 0 Å². The first-order chi connectivity index (χ1) is 9.74. The van der Waals surface area contributed by atoms with Crippen LogP contribution in [0, 0.1) is 0 Å². The van der Waals surface area contributed by atoms with Crippen LogP contribution in [0.5, 0.6) is 0 Å². The van der Waals surface area contributed by atoms with E-state index in [-0.39, 0.29) is 5.91 Å². The Kier molecular flexibility index (Phi) is 5.55. The van der Waals surface area contributed by atoms with E-state index in [0.29, 0.717) is 19.5 Å². The zero-order chi connectivity index (χ0) is 14.2. The standard InChI is InChI=1S/C15H16BrN3O/c16-13-2-1-3-14(10-13)18-9-6-15(20)19-11-12-4-7-17-8-5-12/h1-5,7-8,10,18H,6,9,11H2,(H,19,20). The van der Waals surface area contributed by atoms with E-state index in [1.807, 2.05) is 36.4 Å². The second-order valence-electron chi connectivity index (χ2n) is 4.32. The summed E-state index contributed by atoms with van der Waals surface area (Å²) >= 11 is 3.41. The van der Waals surface area contributed by atoms with Gasteiger partial charge in [0, 0.05) is 42.1 Å². The van der Waals surface area contributed by atoms with Gasteiger partial charge in [-0.05, 0) is 35.9 Å². The summed E-state index contributed by atoms with van der Waals surface area (Å²) in [6.07, 6.45) is 3.88. The van der Waals surface area contributed by atoms with Gasteiger partial charge in [0.05, 0.1) is 0 Å². The lowest BCUT2D eigenvalue weighted by Gasteiger charge is -2.08. The van der Waals surface area contributed by atoms with Crippen LogP contribution in [-0.4, -0.2) is 17.4 Å². The SMILES string of the molecule is O=C(CCNc1cccc(Br)c1)NCc1ccncc1. The van der Waals surface area contributed by atoms with Crippen LogP contribution in [0.15, 0.2) is 53.3 Å². The van der Waals surface area contributed by atoms with E-state index >= 15 is 0 Å². The minimum Gasteiger partial charge on any atom is -0.384 e. The number of carbonyl (C=O) groups is 1. The van der Waals surface area contributed by atoms with Gasteiger partial charge in [0.2, 0.25) is 5.91 Å². The maximum atomic E-state index is 11.7. The highest BCUT2D eigenvalue weighted by Crippen LogP contribution is 2.15. The molecule has 0 saturated heterocycles. The Morgan fingerprint density at radius 2 is 2.00 bits per heavy atom. The van der Waals surface area contributed by atoms with Crippen molar-refractivity contribution < 1.29 is 4.79 Å². The smallest absolute Gasteiger partial charge is 0.222 e. The van der Waals surface area contributed by atoms with E-state index in [0.717, 1.165) is 15.7 Å². The highest BCUT2D eigenvalue weighted by Gasteiger charge is 2.01.